The predicted molar refractivity (Wildman–Crippen MR) is 104 cm³/mol. The van der Waals surface area contributed by atoms with Crippen molar-refractivity contribution in [3.63, 3.8) is 0 Å². The van der Waals surface area contributed by atoms with E-state index < -0.39 is 23.0 Å². The SMILES string of the molecule is CC1(C)OB(C2(c3scc4c3OCCO4)SC=C3OCCOC32)OC1(C)C. The number of hydrogen-bond donors (Lipinski definition) is 0. The van der Waals surface area contributed by atoms with Crippen molar-refractivity contribution in [1.29, 1.82) is 0 Å². The summed E-state index contributed by atoms with van der Waals surface area (Å²) in [7, 11) is -0.513. The molecule has 1 aromatic rings. The molecule has 0 amide bonds. The maximum Gasteiger partial charge on any atom is 0.484 e. The van der Waals surface area contributed by atoms with Crippen LogP contribution in [0.1, 0.15) is 32.6 Å². The zero-order valence-electron chi connectivity index (χ0n) is 15.9. The van der Waals surface area contributed by atoms with Gasteiger partial charge in [-0.1, -0.05) is 0 Å². The number of ether oxygens (including phenoxy) is 4. The average molecular weight is 410 g/mol. The summed E-state index contributed by atoms with van der Waals surface area (Å²) in [5.41, 5.74) is -0.892. The fourth-order valence-corrected chi connectivity index (χ4v) is 6.30. The largest absolute Gasteiger partial charge is 0.492 e. The van der Waals surface area contributed by atoms with Crippen LogP contribution in [-0.2, 0) is 23.4 Å². The van der Waals surface area contributed by atoms with E-state index >= 15 is 0 Å². The second-order valence-electron chi connectivity index (χ2n) is 8.07. The van der Waals surface area contributed by atoms with Gasteiger partial charge in [-0.15, -0.1) is 23.1 Å². The second-order valence-corrected chi connectivity index (χ2v) is 10.1. The molecule has 4 aliphatic rings. The van der Waals surface area contributed by atoms with Gasteiger partial charge in [0.2, 0.25) is 0 Å². The van der Waals surface area contributed by atoms with Gasteiger partial charge in [-0.3, -0.25) is 0 Å². The van der Waals surface area contributed by atoms with Crippen LogP contribution in [-0.4, -0.2) is 50.9 Å². The molecule has 2 fully saturated rings. The molecule has 0 bridgehead atoms. The van der Waals surface area contributed by atoms with Gasteiger partial charge in [-0.05, 0) is 27.7 Å². The van der Waals surface area contributed by atoms with E-state index in [0.29, 0.717) is 26.4 Å². The van der Waals surface area contributed by atoms with Crippen LogP contribution in [0.15, 0.2) is 16.5 Å². The summed E-state index contributed by atoms with van der Waals surface area (Å²) >= 11 is 3.24. The van der Waals surface area contributed by atoms with Gasteiger partial charge in [0.05, 0.1) is 22.7 Å². The summed E-state index contributed by atoms with van der Waals surface area (Å²) < 4.78 is 36.3. The van der Waals surface area contributed by atoms with E-state index in [1.165, 1.54) is 0 Å². The highest BCUT2D eigenvalue weighted by molar-refractivity contribution is 8.04. The molecule has 0 spiro atoms. The summed E-state index contributed by atoms with van der Waals surface area (Å²) in [6, 6.07) is 0. The first-order chi connectivity index (χ1) is 12.9. The maximum atomic E-state index is 6.51. The smallest absolute Gasteiger partial charge is 0.484 e. The van der Waals surface area contributed by atoms with Gasteiger partial charge >= 0.3 is 7.12 Å². The Bertz CT molecular complexity index is 775. The van der Waals surface area contributed by atoms with E-state index in [1.54, 1.807) is 23.1 Å². The first-order valence-corrected chi connectivity index (χ1v) is 11.0. The first kappa shape index (κ1) is 18.2. The minimum Gasteiger partial charge on any atom is -0.492 e. The van der Waals surface area contributed by atoms with Gasteiger partial charge in [-0.2, -0.15) is 0 Å². The molecule has 146 valence electrons. The Balaban J connectivity index is 1.63. The fraction of sp³-hybridized carbons (Fsp3) is 0.667. The van der Waals surface area contributed by atoms with Crippen LogP contribution >= 0.6 is 23.1 Å². The zero-order chi connectivity index (χ0) is 18.9. The lowest BCUT2D eigenvalue weighted by Gasteiger charge is -2.38. The van der Waals surface area contributed by atoms with E-state index in [-0.39, 0.29) is 6.10 Å². The molecule has 2 unspecified atom stereocenters. The van der Waals surface area contributed by atoms with E-state index in [2.05, 4.69) is 27.7 Å². The summed E-state index contributed by atoms with van der Waals surface area (Å²) in [5.74, 6) is 2.39. The van der Waals surface area contributed by atoms with Crippen LogP contribution < -0.4 is 9.47 Å². The second kappa shape index (κ2) is 6.06. The number of hydrogen-bond acceptors (Lipinski definition) is 8. The van der Waals surface area contributed by atoms with E-state index in [9.17, 15) is 0 Å². The molecule has 0 aromatic carbocycles. The normalized spacial score (nSPS) is 33.4. The molecule has 5 rings (SSSR count). The Morgan fingerprint density at radius 2 is 1.67 bits per heavy atom. The lowest BCUT2D eigenvalue weighted by atomic mass is 9.65. The molecule has 0 aliphatic carbocycles. The monoisotopic (exact) mass is 410 g/mol. The number of rotatable bonds is 2. The van der Waals surface area contributed by atoms with Crippen molar-refractivity contribution in [2.24, 2.45) is 0 Å². The molecule has 2 saturated heterocycles. The number of thiophene rings is 1. The lowest BCUT2D eigenvalue weighted by molar-refractivity contribution is -0.0500. The molecular formula is C18H23BO6S2. The van der Waals surface area contributed by atoms with E-state index in [0.717, 1.165) is 22.1 Å². The highest BCUT2D eigenvalue weighted by Crippen LogP contribution is 2.61. The van der Waals surface area contributed by atoms with Crippen LogP contribution in [0.2, 0.25) is 0 Å². The Morgan fingerprint density at radius 3 is 2.44 bits per heavy atom. The van der Waals surface area contributed by atoms with Crippen LogP contribution in [0, 0.1) is 0 Å². The van der Waals surface area contributed by atoms with Gasteiger partial charge in [0, 0.05) is 10.8 Å². The Morgan fingerprint density at radius 1 is 0.963 bits per heavy atom. The van der Waals surface area contributed by atoms with Crippen molar-refractivity contribution in [3.8, 4) is 11.5 Å². The van der Waals surface area contributed by atoms with Gasteiger partial charge in [-0.25, -0.2) is 0 Å². The Labute approximate surface area is 167 Å². The summed E-state index contributed by atoms with van der Waals surface area (Å²) in [5, 5.41) is 4.03. The van der Waals surface area contributed by atoms with E-state index in [4.69, 9.17) is 28.3 Å². The van der Waals surface area contributed by atoms with Crippen molar-refractivity contribution in [3.05, 3.63) is 21.4 Å². The van der Waals surface area contributed by atoms with Gasteiger partial charge in [0.25, 0.3) is 0 Å². The first-order valence-electron chi connectivity index (χ1n) is 9.21. The van der Waals surface area contributed by atoms with Crippen molar-refractivity contribution in [2.75, 3.05) is 26.4 Å². The summed E-state index contributed by atoms with van der Waals surface area (Å²) in [4.78, 5) is 1.02. The molecule has 0 radical (unpaired) electrons. The van der Waals surface area contributed by atoms with E-state index in [1.807, 2.05) is 10.8 Å². The minimum atomic E-state index is -0.639. The average Bonchev–Trinajstić information content (AvgIpc) is 3.28. The standard InChI is InChI=1S/C18H23BO6S2/c1-16(2)17(3,4)25-19(24-16)18(14-12(10-27-18)21-6-8-23-14)15-13-11(9-26-15)20-5-7-22-13/h9-10,14H,5-8H2,1-4H3. The summed E-state index contributed by atoms with van der Waals surface area (Å²) in [6.45, 7) is 10.5. The third kappa shape index (κ3) is 2.52. The van der Waals surface area contributed by atoms with Crippen LogP contribution in [0.3, 0.4) is 0 Å². The maximum absolute atomic E-state index is 6.51. The highest BCUT2D eigenvalue weighted by atomic mass is 32.2. The minimum absolute atomic E-state index is 0.292. The molecule has 0 saturated carbocycles. The van der Waals surface area contributed by atoms with Gasteiger partial charge in [0.1, 0.15) is 36.3 Å². The number of fused-ring (bicyclic) bond motifs is 2. The summed E-state index contributed by atoms with van der Waals surface area (Å²) in [6.07, 6.45) is -0.292. The van der Waals surface area contributed by atoms with Crippen LogP contribution in [0.5, 0.6) is 11.5 Å². The van der Waals surface area contributed by atoms with Gasteiger partial charge in [0.15, 0.2) is 11.5 Å². The molecule has 0 N–H and O–H groups in total. The van der Waals surface area contributed by atoms with Crippen molar-refractivity contribution >= 4 is 30.2 Å². The van der Waals surface area contributed by atoms with Crippen LogP contribution in [0.25, 0.3) is 0 Å². The van der Waals surface area contributed by atoms with Crippen molar-refractivity contribution in [1.82, 2.24) is 0 Å². The zero-order valence-corrected chi connectivity index (χ0v) is 17.5. The van der Waals surface area contributed by atoms with Gasteiger partial charge < -0.3 is 28.3 Å². The Kier molecular flexibility index (Phi) is 4.08. The third-order valence-electron chi connectivity index (χ3n) is 5.91. The third-order valence-corrected chi connectivity index (χ3v) is 8.48. The molecular weight excluding hydrogens is 387 g/mol. The Hall–Kier alpha value is -0.865. The molecule has 2 atom stereocenters. The van der Waals surface area contributed by atoms with Crippen LogP contribution in [0.4, 0.5) is 0 Å². The number of thioether (sulfide) groups is 1. The molecule has 4 aliphatic heterocycles. The quantitative estimate of drug-likeness (QED) is 0.693. The molecule has 27 heavy (non-hydrogen) atoms. The predicted octanol–water partition coefficient (Wildman–Crippen LogP) is 3.35. The fourth-order valence-electron chi connectivity index (χ4n) is 3.74. The lowest BCUT2D eigenvalue weighted by Crippen LogP contribution is -2.52. The molecule has 1 aromatic heterocycles. The topological polar surface area (TPSA) is 55.4 Å². The highest BCUT2D eigenvalue weighted by Gasteiger charge is 2.68. The van der Waals surface area contributed by atoms with Crippen molar-refractivity contribution in [2.45, 2.75) is 49.6 Å². The molecule has 9 heteroatoms. The molecule has 6 nitrogen and oxygen atoms in total. The molecule has 5 heterocycles. The van der Waals surface area contributed by atoms with Crippen molar-refractivity contribution < 1.29 is 28.3 Å².